The highest BCUT2D eigenvalue weighted by Gasteiger charge is 2.04. The fourth-order valence-electron chi connectivity index (χ4n) is 1.62. The Labute approximate surface area is 96.4 Å². The van der Waals surface area contributed by atoms with Crippen LogP contribution in [-0.2, 0) is 0 Å². The molecule has 0 aliphatic heterocycles. The van der Waals surface area contributed by atoms with Gasteiger partial charge in [0.2, 0.25) is 0 Å². The Morgan fingerprint density at radius 3 is 2.50 bits per heavy atom. The Morgan fingerprint density at radius 1 is 1.06 bits per heavy atom. The lowest BCUT2D eigenvalue weighted by Crippen LogP contribution is -2.10. The Balaban J connectivity index is 1.92. The summed E-state index contributed by atoms with van der Waals surface area (Å²) < 4.78 is 0. The van der Waals surface area contributed by atoms with E-state index in [2.05, 4.69) is 41.5 Å². The number of pyridine rings is 1. The SMILES string of the molecule is CC(CNc1ccccn1)c1ccccc1. The molecule has 0 saturated carbocycles. The number of hydrogen-bond donors (Lipinski definition) is 1. The molecule has 0 radical (unpaired) electrons. The second-order valence-corrected chi connectivity index (χ2v) is 3.91. The first kappa shape index (κ1) is 10.7. The molecule has 0 aliphatic carbocycles. The number of nitrogens with zero attached hydrogens (tertiary/aromatic N) is 1. The van der Waals surface area contributed by atoms with Crippen LogP contribution in [0.15, 0.2) is 54.7 Å². The van der Waals surface area contributed by atoms with Gasteiger partial charge in [-0.15, -0.1) is 0 Å². The average molecular weight is 212 g/mol. The van der Waals surface area contributed by atoms with Crippen molar-refractivity contribution in [3.63, 3.8) is 0 Å². The van der Waals surface area contributed by atoms with Crippen LogP contribution < -0.4 is 5.32 Å². The summed E-state index contributed by atoms with van der Waals surface area (Å²) in [4.78, 5) is 4.23. The van der Waals surface area contributed by atoms with E-state index in [1.165, 1.54) is 5.56 Å². The summed E-state index contributed by atoms with van der Waals surface area (Å²) in [5.74, 6) is 1.42. The van der Waals surface area contributed by atoms with E-state index in [-0.39, 0.29) is 0 Å². The van der Waals surface area contributed by atoms with E-state index < -0.39 is 0 Å². The largest absolute Gasteiger partial charge is 0.369 e. The summed E-state index contributed by atoms with van der Waals surface area (Å²) in [6.07, 6.45) is 1.80. The molecule has 1 N–H and O–H groups in total. The lowest BCUT2D eigenvalue weighted by molar-refractivity contribution is 0.801. The number of benzene rings is 1. The minimum Gasteiger partial charge on any atom is -0.369 e. The molecule has 1 aromatic heterocycles. The van der Waals surface area contributed by atoms with Crippen molar-refractivity contribution < 1.29 is 0 Å². The van der Waals surface area contributed by atoms with Gasteiger partial charge in [-0.3, -0.25) is 0 Å². The van der Waals surface area contributed by atoms with Crippen molar-refractivity contribution in [2.45, 2.75) is 12.8 Å². The van der Waals surface area contributed by atoms with Crippen molar-refractivity contribution in [1.82, 2.24) is 4.98 Å². The van der Waals surface area contributed by atoms with Gasteiger partial charge in [0, 0.05) is 12.7 Å². The molecule has 2 aromatic rings. The van der Waals surface area contributed by atoms with E-state index in [1.54, 1.807) is 6.20 Å². The monoisotopic (exact) mass is 212 g/mol. The lowest BCUT2D eigenvalue weighted by atomic mass is 10.0. The molecule has 2 nitrogen and oxygen atoms in total. The molecule has 1 unspecified atom stereocenters. The summed E-state index contributed by atoms with van der Waals surface area (Å²) in [6.45, 7) is 3.12. The fraction of sp³-hybridized carbons (Fsp3) is 0.214. The Morgan fingerprint density at radius 2 is 1.81 bits per heavy atom. The van der Waals surface area contributed by atoms with Crippen molar-refractivity contribution in [1.29, 1.82) is 0 Å². The Hall–Kier alpha value is -1.83. The zero-order valence-corrected chi connectivity index (χ0v) is 9.43. The molecule has 82 valence electrons. The maximum Gasteiger partial charge on any atom is 0.125 e. The van der Waals surface area contributed by atoms with Crippen LogP contribution in [0.1, 0.15) is 18.4 Å². The topological polar surface area (TPSA) is 24.9 Å². The molecule has 0 bridgehead atoms. The van der Waals surface area contributed by atoms with Gasteiger partial charge in [-0.1, -0.05) is 43.3 Å². The number of anilines is 1. The molecule has 0 saturated heterocycles. The van der Waals surface area contributed by atoms with Crippen LogP contribution in [0.4, 0.5) is 5.82 Å². The van der Waals surface area contributed by atoms with E-state index in [4.69, 9.17) is 0 Å². The smallest absolute Gasteiger partial charge is 0.125 e. The van der Waals surface area contributed by atoms with Gasteiger partial charge in [-0.05, 0) is 23.6 Å². The summed E-state index contributed by atoms with van der Waals surface area (Å²) in [5.41, 5.74) is 1.35. The standard InChI is InChI=1S/C14H16N2/c1-12(13-7-3-2-4-8-13)11-16-14-9-5-6-10-15-14/h2-10,12H,11H2,1H3,(H,15,16). The van der Waals surface area contributed by atoms with Crippen LogP contribution >= 0.6 is 0 Å². The van der Waals surface area contributed by atoms with Crippen molar-refractivity contribution >= 4 is 5.82 Å². The van der Waals surface area contributed by atoms with Crippen molar-refractivity contribution in [2.24, 2.45) is 0 Å². The first-order valence-electron chi connectivity index (χ1n) is 5.56. The van der Waals surface area contributed by atoms with E-state index in [0.29, 0.717) is 5.92 Å². The molecule has 0 amide bonds. The van der Waals surface area contributed by atoms with Crippen LogP contribution in [0.2, 0.25) is 0 Å². The van der Waals surface area contributed by atoms with E-state index in [0.717, 1.165) is 12.4 Å². The fourth-order valence-corrected chi connectivity index (χ4v) is 1.62. The normalized spacial score (nSPS) is 12.1. The zero-order chi connectivity index (χ0) is 11.2. The number of aromatic nitrogens is 1. The first-order valence-corrected chi connectivity index (χ1v) is 5.56. The third-order valence-electron chi connectivity index (χ3n) is 2.62. The molecule has 2 rings (SSSR count). The highest BCUT2D eigenvalue weighted by atomic mass is 15.0. The number of rotatable bonds is 4. The van der Waals surface area contributed by atoms with Gasteiger partial charge in [0.05, 0.1) is 0 Å². The van der Waals surface area contributed by atoms with Crippen LogP contribution in [0.3, 0.4) is 0 Å². The number of hydrogen-bond acceptors (Lipinski definition) is 2. The molecule has 0 aliphatic rings. The van der Waals surface area contributed by atoms with Gasteiger partial charge in [-0.25, -0.2) is 4.98 Å². The molecular formula is C14H16N2. The van der Waals surface area contributed by atoms with Crippen molar-refractivity contribution in [2.75, 3.05) is 11.9 Å². The average Bonchev–Trinajstić information content (AvgIpc) is 2.38. The minimum absolute atomic E-state index is 0.489. The molecule has 1 aromatic carbocycles. The minimum atomic E-state index is 0.489. The second-order valence-electron chi connectivity index (χ2n) is 3.91. The Bertz CT molecular complexity index is 411. The maximum absolute atomic E-state index is 4.23. The molecule has 16 heavy (non-hydrogen) atoms. The molecule has 1 atom stereocenters. The molecular weight excluding hydrogens is 196 g/mol. The highest BCUT2D eigenvalue weighted by Crippen LogP contribution is 2.14. The quantitative estimate of drug-likeness (QED) is 0.841. The molecule has 0 spiro atoms. The van der Waals surface area contributed by atoms with Gasteiger partial charge in [0.25, 0.3) is 0 Å². The predicted octanol–water partition coefficient (Wildman–Crippen LogP) is 3.30. The van der Waals surface area contributed by atoms with Gasteiger partial charge in [-0.2, -0.15) is 0 Å². The lowest BCUT2D eigenvalue weighted by Gasteiger charge is -2.13. The molecule has 2 heteroatoms. The Kier molecular flexibility index (Phi) is 3.54. The van der Waals surface area contributed by atoms with Crippen LogP contribution in [-0.4, -0.2) is 11.5 Å². The van der Waals surface area contributed by atoms with E-state index in [1.807, 2.05) is 24.3 Å². The first-order chi connectivity index (χ1) is 7.86. The van der Waals surface area contributed by atoms with Crippen molar-refractivity contribution in [3.8, 4) is 0 Å². The second kappa shape index (κ2) is 5.31. The summed E-state index contributed by atoms with van der Waals surface area (Å²) in [6, 6.07) is 16.4. The third kappa shape index (κ3) is 2.83. The third-order valence-corrected chi connectivity index (χ3v) is 2.62. The predicted molar refractivity (Wildman–Crippen MR) is 67.6 cm³/mol. The van der Waals surface area contributed by atoms with Crippen LogP contribution in [0.5, 0.6) is 0 Å². The highest BCUT2D eigenvalue weighted by molar-refractivity contribution is 5.34. The van der Waals surface area contributed by atoms with Gasteiger partial charge in [0.1, 0.15) is 5.82 Å². The summed E-state index contributed by atoms with van der Waals surface area (Å²) in [5, 5.41) is 3.33. The maximum atomic E-state index is 4.23. The number of nitrogens with one attached hydrogen (secondary N) is 1. The molecule has 0 fully saturated rings. The zero-order valence-electron chi connectivity index (χ0n) is 9.43. The van der Waals surface area contributed by atoms with E-state index in [9.17, 15) is 0 Å². The summed E-state index contributed by atoms with van der Waals surface area (Å²) in [7, 11) is 0. The molecule has 1 heterocycles. The van der Waals surface area contributed by atoms with Crippen LogP contribution in [0, 0.1) is 0 Å². The van der Waals surface area contributed by atoms with Crippen molar-refractivity contribution in [3.05, 3.63) is 60.3 Å². The van der Waals surface area contributed by atoms with Gasteiger partial charge in [0.15, 0.2) is 0 Å². The van der Waals surface area contributed by atoms with Gasteiger partial charge < -0.3 is 5.32 Å². The van der Waals surface area contributed by atoms with E-state index >= 15 is 0 Å². The summed E-state index contributed by atoms with van der Waals surface area (Å²) >= 11 is 0. The van der Waals surface area contributed by atoms with Gasteiger partial charge >= 0.3 is 0 Å². The van der Waals surface area contributed by atoms with Crippen LogP contribution in [0.25, 0.3) is 0 Å².